The van der Waals surface area contributed by atoms with Gasteiger partial charge in [0.2, 0.25) is 0 Å². The zero-order chi connectivity index (χ0) is 15.9. The van der Waals surface area contributed by atoms with E-state index < -0.39 is 12.1 Å². The number of nitriles is 1. The summed E-state index contributed by atoms with van der Waals surface area (Å²) in [4.78, 5) is 16.2. The Kier molecular flexibility index (Phi) is 5.42. The van der Waals surface area contributed by atoms with Crippen LogP contribution in [0.4, 0.5) is 0 Å². The zero-order valence-electron chi connectivity index (χ0n) is 11.4. The summed E-state index contributed by atoms with van der Waals surface area (Å²) in [5, 5.41) is 21.4. The Balaban J connectivity index is 2.14. The van der Waals surface area contributed by atoms with Crippen molar-refractivity contribution in [1.29, 1.82) is 5.26 Å². The van der Waals surface area contributed by atoms with Gasteiger partial charge in [-0.3, -0.25) is 4.79 Å². The normalized spacial score (nSPS) is 12.3. The minimum atomic E-state index is -1.18. The van der Waals surface area contributed by atoms with Crippen molar-refractivity contribution in [2.45, 2.75) is 6.23 Å². The maximum absolute atomic E-state index is 12.0. The van der Waals surface area contributed by atoms with Crippen LogP contribution in [0.5, 0.6) is 0 Å². The number of hydrogen-bond acceptors (Lipinski definition) is 4. The number of aromatic nitrogens is 1. The van der Waals surface area contributed by atoms with Crippen LogP contribution in [0.15, 0.2) is 58.7 Å². The fraction of sp³-hybridized carbons (Fsp3) is 0.0625. The van der Waals surface area contributed by atoms with Gasteiger partial charge in [0.1, 0.15) is 16.2 Å². The molecule has 110 valence electrons. The first kappa shape index (κ1) is 15.9. The average molecular weight is 358 g/mol. The highest BCUT2D eigenvalue weighted by Crippen LogP contribution is 2.12. The van der Waals surface area contributed by atoms with E-state index in [4.69, 9.17) is 5.26 Å². The zero-order valence-corrected chi connectivity index (χ0v) is 13.0. The third-order valence-electron chi connectivity index (χ3n) is 2.78. The number of aliphatic hydroxyl groups excluding tert-OH is 1. The number of amides is 1. The Hall–Kier alpha value is -2.49. The SMILES string of the molecule is N#C/C(=C\c1cccc(Br)n1)C(=O)N[C@H](O)c1ccccc1. The van der Waals surface area contributed by atoms with E-state index in [0.29, 0.717) is 15.9 Å². The molecule has 0 saturated carbocycles. The molecule has 1 aromatic carbocycles. The number of nitrogens with zero attached hydrogens (tertiary/aromatic N) is 2. The van der Waals surface area contributed by atoms with E-state index in [0.717, 1.165) is 0 Å². The van der Waals surface area contributed by atoms with Gasteiger partial charge in [0.05, 0.1) is 5.69 Å². The third kappa shape index (κ3) is 4.25. The van der Waals surface area contributed by atoms with Crippen LogP contribution < -0.4 is 5.32 Å². The van der Waals surface area contributed by atoms with E-state index in [1.807, 2.05) is 6.07 Å². The molecule has 0 spiro atoms. The van der Waals surface area contributed by atoms with Crippen molar-refractivity contribution in [3.05, 3.63) is 70.0 Å². The number of rotatable bonds is 4. The highest BCUT2D eigenvalue weighted by atomic mass is 79.9. The van der Waals surface area contributed by atoms with Crippen molar-refractivity contribution in [2.24, 2.45) is 0 Å². The van der Waals surface area contributed by atoms with Crippen molar-refractivity contribution < 1.29 is 9.90 Å². The molecule has 0 aliphatic heterocycles. The minimum absolute atomic E-state index is 0.138. The van der Waals surface area contributed by atoms with Crippen molar-refractivity contribution in [2.75, 3.05) is 0 Å². The Morgan fingerprint density at radius 1 is 1.27 bits per heavy atom. The molecule has 0 fully saturated rings. The molecule has 1 heterocycles. The molecule has 1 aromatic heterocycles. The molecule has 0 aliphatic carbocycles. The van der Waals surface area contributed by atoms with E-state index in [9.17, 15) is 9.90 Å². The van der Waals surface area contributed by atoms with E-state index in [-0.39, 0.29) is 5.57 Å². The first-order valence-corrected chi connectivity index (χ1v) is 7.17. The van der Waals surface area contributed by atoms with Gasteiger partial charge in [0.25, 0.3) is 5.91 Å². The van der Waals surface area contributed by atoms with E-state index in [2.05, 4.69) is 26.2 Å². The van der Waals surface area contributed by atoms with E-state index in [1.165, 1.54) is 6.08 Å². The van der Waals surface area contributed by atoms with Crippen LogP contribution in [0.1, 0.15) is 17.5 Å². The number of carbonyl (C=O) groups excluding carboxylic acids is 1. The monoisotopic (exact) mass is 357 g/mol. The van der Waals surface area contributed by atoms with Crippen LogP contribution in [0.25, 0.3) is 6.08 Å². The lowest BCUT2D eigenvalue weighted by atomic mass is 10.1. The number of benzene rings is 1. The van der Waals surface area contributed by atoms with Crippen molar-refractivity contribution in [1.82, 2.24) is 10.3 Å². The van der Waals surface area contributed by atoms with Gasteiger partial charge in [-0.05, 0) is 34.1 Å². The second kappa shape index (κ2) is 7.50. The maximum Gasteiger partial charge on any atom is 0.264 e. The lowest BCUT2D eigenvalue weighted by molar-refractivity contribution is -0.120. The largest absolute Gasteiger partial charge is 0.369 e. The lowest BCUT2D eigenvalue weighted by Crippen LogP contribution is -2.29. The average Bonchev–Trinajstić information content (AvgIpc) is 2.53. The quantitative estimate of drug-likeness (QED) is 0.381. The molecule has 0 radical (unpaired) electrons. The third-order valence-corrected chi connectivity index (χ3v) is 3.22. The van der Waals surface area contributed by atoms with E-state index in [1.54, 1.807) is 48.5 Å². The van der Waals surface area contributed by atoms with Gasteiger partial charge in [0, 0.05) is 5.56 Å². The van der Waals surface area contributed by atoms with Crippen molar-refractivity contribution >= 4 is 27.9 Å². The summed E-state index contributed by atoms with van der Waals surface area (Å²) >= 11 is 3.22. The van der Waals surface area contributed by atoms with Crippen LogP contribution in [0.3, 0.4) is 0 Å². The molecule has 0 unspecified atom stereocenters. The molecule has 6 heteroatoms. The van der Waals surface area contributed by atoms with Crippen molar-refractivity contribution in [3.63, 3.8) is 0 Å². The summed E-state index contributed by atoms with van der Waals surface area (Å²) in [6.45, 7) is 0. The van der Waals surface area contributed by atoms with Crippen molar-refractivity contribution in [3.8, 4) is 6.07 Å². The number of hydrogen-bond donors (Lipinski definition) is 2. The predicted octanol–water partition coefficient (Wildman–Crippen LogP) is 2.56. The molecule has 0 saturated heterocycles. The number of pyridine rings is 1. The number of aliphatic hydroxyl groups is 1. The summed E-state index contributed by atoms with van der Waals surface area (Å²) in [6, 6.07) is 15.6. The molecule has 0 bridgehead atoms. The Morgan fingerprint density at radius 3 is 2.64 bits per heavy atom. The molecule has 2 N–H and O–H groups in total. The molecular formula is C16H12BrN3O2. The molecule has 2 aromatic rings. The maximum atomic E-state index is 12.0. The van der Waals surface area contributed by atoms with Gasteiger partial charge in [-0.15, -0.1) is 0 Å². The first-order chi connectivity index (χ1) is 10.6. The Labute approximate surface area is 136 Å². The second-order valence-corrected chi connectivity index (χ2v) is 5.15. The fourth-order valence-electron chi connectivity index (χ4n) is 1.72. The van der Waals surface area contributed by atoms with Gasteiger partial charge in [0.15, 0.2) is 6.23 Å². The molecule has 2 rings (SSSR count). The number of nitrogens with one attached hydrogen (secondary N) is 1. The molecule has 22 heavy (non-hydrogen) atoms. The van der Waals surface area contributed by atoms with E-state index >= 15 is 0 Å². The fourth-order valence-corrected chi connectivity index (χ4v) is 2.08. The van der Waals surface area contributed by atoms with Gasteiger partial charge in [-0.2, -0.15) is 5.26 Å². The number of carbonyl (C=O) groups is 1. The van der Waals surface area contributed by atoms with Crippen LogP contribution in [0, 0.1) is 11.3 Å². The molecule has 1 amide bonds. The lowest BCUT2D eigenvalue weighted by Gasteiger charge is -2.12. The van der Waals surface area contributed by atoms with Gasteiger partial charge in [-0.25, -0.2) is 4.98 Å². The summed E-state index contributed by atoms with van der Waals surface area (Å²) in [5.74, 6) is -0.666. The highest BCUT2D eigenvalue weighted by Gasteiger charge is 2.15. The topological polar surface area (TPSA) is 86.0 Å². The standard InChI is InChI=1S/C16H12BrN3O2/c17-14-8-4-7-13(19-14)9-12(10-18)16(22)20-15(21)11-5-2-1-3-6-11/h1-9,15,21H,(H,20,22)/b12-9+/t15-/m1/s1. The summed E-state index contributed by atoms with van der Waals surface area (Å²) in [7, 11) is 0. The van der Waals surface area contributed by atoms with Gasteiger partial charge >= 0.3 is 0 Å². The molecular weight excluding hydrogens is 346 g/mol. The highest BCUT2D eigenvalue weighted by molar-refractivity contribution is 9.10. The minimum Gasteiger partial charge on any atom is -0.369 e. The molecule has 1 atom stereocenters. The Morgan fingerprint density at radius 2 is 2.00 bits per heavy atom. The van der Waals surface area contributed by atoms with Gasteiger partial charge in [-0.1, -0.05) is 36.4 Å². The smallest absolute Gasteiger partial charge is 0.264 e. The summed E-state index contributed by atoms with van der Waals surface area (Å²) in [5.41, 5.74) is 0.865. The van der Waals surface area contributed by atoms with Crippen LogP contribution >= 0.6 is 15.9 Å². The first-order valence-electron chi connectivity index (χ1n) is 6.38. The molecule has 5 nitrogen and oxygen atoms in total. The van der Waals surface area contributed by atoms with Crippen LogP contribution in [-0.4, -0.2) is 16.0 Å². The molecule has 0 aliphatic rings. The Bertz CT molecular complexity index is 739. The second-order valence-electron chi connectivity index (χ2n) is 4.34. The van der Waals surface area contributed by atoms with Gasteiger partial charge < -0.3 is 10.4 Å². The summed E-state index contributed by atoms with van der Waals surface area (Å²) in [6.07, 6.45) is 0.179. The van der Waals surface area contributed by atoms with Crippen LogP contribution in [-0.2, 0) is 4.79 Å². The van der Waals surface area contributed by atoms with Crippen LogP contribution in [0.2, 0.25) is 0 Å². The predicted molar refractivity (Wildman–Crippen MR) is 85.1 cm³/mol. The number of halogens is 1. The summed E-state index contributed by atoms with van der Waals surface area (Å²) < 4.78 is 0.600.